The standard InChI is InChI=1S/C21H43N7/c1-14(2)18-13-24-28-19(18)26-20(25-17-10-8-16(22)9-11-17)27-21(28)23-12-15-6-4-3-5-7-15/h14-21,23-27H,3-13,22H2,1-2H3. The maximum Gasteiger partial charge on any atom is 0.131 e. The van der Waals surface area contributed by atoms with Gasteiger partial charge in [-0.1, -0.05) is 33.1 Å². The second kappa shape index (κ2) is 9.69. The van der Waals surface area contributed by atoms with E-state index >= 15 is 0 Å². The minimum absolute atomic E-state index is 0.144. The summed E-state index contributed by atoms with van der Waals surface area (Å²) >= 11 is 0. The van der Waals surface area contributed by atoms with Crippen LogP contribution in [0.15, 0.2) is 0 Å². The van der Waals surface area contributed by atoms with Crippen LogP contribution in [0.4, 0.5) is 0 Å². The summed E-state index contributed by atoms with van der Waals surface area (Å²) in [5.41, 5.74) is 9.76. The molecule has 2 saturated heterocycles. The number of nitrogens with zero attached hydrogens (tertiary/aromatic N) is 1. The molecule has 0 aromatic carbocycles. The molecule has 2 heterocycles. The zero-order chi connectivity index (χ0) is 19.5. The highest BCUT2D eigenvalue weighted by Crippen LogP contribution is 2.27. The van der Waals surface area contributed by atoms with Crippen LogP contribution < -0.4 is 32.4 Å². The molecule has 0 spiro atoms. The van der Waals surface area contributed by atoms with Gasteiger partial charge in [0.05, 0.1) is 6.17 Å². The molecular weight excluding hydrogens is 350 g/mol. The first-order chi connectivity index (χ1) is 13.6. The zero-order valence-electron chi connectivity index (χ0n) is 17.9. The van der Waals surface area contributed by atoms with E-state index in [0.29, 0.717) is 30.1 Å². The number of hydrogen-bond donors (Lipinski definition) is 6. The van der Waals surface area contributed by atoms with E-state index in [-0.39, 0.29) is 12.6 Å². The van der Waals surface area contributed by atoms with Gasteiger partial charge < -0.3 is 5.73 Å². The summed E-state index contributed by atoms with van der Waals surface area (Å²) in [4.78, 5) is 0. The smallest absolute Gasteiger partial charge is 0.131 e. The Morgan fingerprint density at radius 3 is 2.46 bits per heavy atom. The van der Waals surface area contributed by atoms with Gasteiger partial charge in [-0.15, -0.1) is 0 Å². The molecule has 0 aromatic heterocycles. The molecule has 7 N–H and O–H groups in total. The molecule has 2 saturated carbocycles. The van der Waals surface area contributed by atoms with Crippen molar-refractivity contribution in [2.75, 3.05) is 13.1 Å². The van der Waals surface area contributed by atoms with Crippen molar-refractivity contribution in [1.29, 1.82) is 0 Å². The summed E-state index contributed by atoms with van der Waals surface area (Å²) in [6.45, 7) is 6.84. The first-order valence-electron chi connectivity index (χ1n) is 11.9. The predicted octanol–water partition coefficient (Wildman–Crippen LogP) is 1.19. The SMILES string of the molecule is CC(C)C1CNN2C(NCC3CCCCC3)NC(NC3CCC(N)CC3)NC12. The normalized spacial score (nSPS) is 40.7. The predicted molar refractivity (Wildman–Crippen MR) is 114 cm³/mol. The molecule has 4 atom stereocenters. The Balaban J connectivity index is 1.37. The van der Waals surface area contributed by atoms with E-state index in [4.69, 9.17) is 5.73 Å². The third-order valence-corrected chi connectivity index (χ3v) is 7.51. The van der Waals surface area contributed by atoms with Gasteiger partial charge in [-0.2, -0.15) is 5.01 Å². The molecule has 7 nitrogen and oxygen atoms in total. The highest BCUT2D eigenvalue weighted by atomic mass is 15.7. The van der Waals surface area contributed by atoms with Crippen molar-refractivity contribution in [3.63, 3.8) is 0 Å². The van der Waals surface area contributed by atoms with Gasteiger partial charge in [0.1, 0.15) is 12.6 Å². The third-order valence-electron chi connectivity index (χ3n) is 7.51. The lowest BCUT2D eigenvalue weighted by molar-refractivity contribution is -0.0290. The zero-order valence-corrected chi connectivity index (χ0v) is 17.9. The van der Waals surface area contributed by atoms with E-state index < -0.39 is 0 Å². The molecule has 0 radical (unpaired) electrons. The number of hydrazine groups is 1. The maximum absolute atomic E-state index is 6.10. The first kappa shape index (κ1) is 21.0. The molecule has 2 aliphatic carbocycles. The quantitative estimate of drug-likeness (QED) is 0.404. The minimum atomic E-state index is 0.144. The molecule has 28 heavy (non-hydrogen) atoms. The molecule has 0 bridgehead atoms. The van der Waals surface area contributed by atoms with Gasteiger partial charge in [-0.25, -0.2) is 0 Å². The lowest BCUT2D eigenvalue weighted by Crippen LogP contribution is -2.77. The molecule has 7 heteroatoms. The van der Waals surface area contributed by atoms with Crippen LogP contribution in [0.25, 0.3) is 0 Å². The van der Waals surface area contributed by atoms with Gasteiger partial charge in [0.15, 0.2) is 0 Å². The maximum atomic E-state index is 6.10. The average molecular weight is 394 g/mol. The van der Waals surface area contributed by atoms with Gasteiger partial charge in [-0.3, -0.25) is 26.7 Å². The highest BCUT2D eigenvalue weighted by Gasteiger charge is 2.44. The number of hydrogen-bond acceptors (Lipinski definition) is 7. The van der Waals surface area contributed by atoms with Gasteiger partial charge in [0.2, 0.25) is 0 Å². The summed E-state index contributed by atoms with van der Waals surface area (Å²) in [6.07, 6.45) is 12.3. The summed E-state index contributed by atoms with van der Waals surface area (Å²) in [7, 11) is 0. The van der Waals surface area contributed by atoms with Crippen molar-refractivity contribution >= 4 is 0 Å². The Labute approximate surface area is 171 Å². The summed E-state index contributed by atoms with van der Waals surface area (Å²) in [5, 5.41) is 17.7. The van der Waals surface area contributed by atoms with Gasteiger partial charge >= 0.3 is 0 Å². The fraction of sp³-hybridized carbons (Fsp3) is 1.00. The van der Waals surface area contributed by atoms with Crippen molar-refractivity contribution in [3.8, 4) is 0 Å². The summed E-state index contributed by atoms with van der Waals surface area (Å²) in [6, 6.07) is 0.956. The Hall–Kier alpha value is -0.280. The molecule has 0 amide bonds. The van der Waals surface area contributed by atoms with E-state index in [1.807, 2.05) is 0 Å². The van der Waals surface area contributed by atoms with Crippen molar-refractivity contribution in [2.45, 2.75) is 102 Å². The van der Waals surface area contributed by atoms with E-state index in [9.17, 15) is 0 Å². The molecule has 4 rings (SSSR count). The fourth-order valence-corrected chi connectivity index (χ4v) is 5.58. The first-order valence-corrected chi connectivity index (χ1v) is 11.9. The van der Waals surface area contributed by atoms with Gasteiger partial charge in [-0.05, 0) is 50.4 Å². The van der Waals surface area contributed by atoms with E-state index in [2.05, 4.69) is 45.5 Å². The Morgan fingerprint density at radius 2 is 1.75 bits per heavy atom. The van der Waals surface area contributed by atoms with E-state index in [1.54, 1.807) is 0 Å². The summed E-state index contributed by atoms with van der Waals surface area (Å²) in [5.74, 6) is 2.10. The fourth-order valence-electron chi connectivity index (χ4n) is 5.58. The number of fused-ring (bicyclic) bond motifs is 1. The summed E-state index contributed by atoms with van der Waals surface area (Å²) < 4.78 is 0. The Kier molecular flexibility index (Phi) is 7.25. The largest absolute Gasteiger partial charge is 0.328 e. The molecule has 0 aromatic rings. The Morgan fingerprint density at radius 1 is 1.00 bits per heavy atom. The van der Waals surface area contributed by atoms with Crippen LogP contribution in [0.1, 0.15) is 71.6 Å². The molecule has 4 fully saturated rings. The topological polar surface area (TPSA) is 89.4 Å². The number of rotatable bonds is 6. The monoisotopic (exact) mass is 393 g/mol. The lowest BCUT2D eigenvalue weighted by Gasteiger charge is -2.46. The third kappa shape index (κ3) is 5.06. The van der Waals surface area contributed by atoms with Crippen LogP contribution in [0, 0.1) is 17.8 Å². The van der Waals surface area contributed by atoms with Crippen LogP contribution in [0.3, 0.4) is 0 Å². The van der Waals surface area contributed by atoms with Crippen LogP contribution in [-0.2, 0) is 0 Å². The number of nitrogens with one attached hydrogen (secondary N) is 5. The van der Waals surface area contributed by atoms with Crippen LogP contribution in [0.2, 0.25) is 0 Å². The average Bonchev–Trinajstić information content (AvgIpc) is 3.13. The molecule has 4 unspecified atom stereocenters. The van der Waals surface area contributed by atoms with Crippen molar-refractivity contribution in [3.05, 3.63) is 0 Å². The van der Waals surface area contributed by atoms with Crippen LogP contribution >= 0.6 is 0 Å². The molecule has 4 aliphatic rings. The lowest BCUT2D eigenvalue weighted by atomic mass is 9.89. The van der Waals surface area contributed by atoms with Crippen molar-refractivity contribution in [1.82, 2.24) is 31.7 Å². The van der Waals surface area contributed by atoms with Crippen molar-refractivity contribution in [2.24, 2.45) is 23.5 Å². The molecule has 2 aliphatic heterocycles. The van der Waals surface area contributed by atoms with Crippen LogP contribution in [0.5, 0.6) is 0 Å². The van der Waals surface area contributed by atoms with E-state index in [0.717, 1.165) is 31.8 Å². The molecular formula is C21H43N7. The van der Waals surface area contributed by atoms with Gasteiger partial charge in [0.25, 0.3) is 0 Å². The van der Waals surface area contributed by atoms with Crippen LogP contribution in [-0.4, -0.2) is 48.9 Å². The highest BCUT2D eigenvalue weighted by molar-refractivity contribution is 4.94. The minimum Gasteiger partial charge on any atom is -0.328 e. The van der Waals surface area contributed by atoms with Crippen molar-refractivity contribution < 1.29 is 0 Å². The molecule has 162 valence electrons. The van der Waals surface area contributed by atoms with Gasteiger partial charge in [0, 0.05) is 31.1 Å². The van der Waals surface area contributed by atoms with E-state index in [1.165, 1.54) is 44.9 Å². The number of nitrogens with two attached hydrogens (primary N) is 1. The second-order valence-electron chi connectivity index (χ2n) is 9.98. The Bertz CT molecular complexity index is 473. The second-order valence-corrected chi connectivity index (χ2v) is 9.98.